The van der Waals surface area contributed by atoms with Crippen LogP contribution in [-0.2, 0) is 14.9 Å². The topological polar surface area (TPSA) is 71.5 Å². The molecule has 2 rings (SSSR count). The first-order valence-electron chi connectivity index (χ1n) is 5.88. The second kappa shape index (κ2) is 6.07. The van der Waals surface area contributed by atoms with Gasteiger partial charge in [-0.3, -0.25) is 0 Å². The molecule has 1 unspecified atom stereocenters. The van der Waals surface area contributed by atoms with Crippen LogP contribution in [0.3, 0.4) is 0 Å². The molecule has 6 nitrogen and oxygen atoms in total. The summed E-state index contributed by atoms with van der Waals surface area (Å²) in [4.78, 5) is 4.17. The lowest BCUT2D eigenvalue weighted by Crippen LogP contribution is -2.47. The van der Waals surface area contributed by atoms with E-state index in [1.807, 2.05) is 12.3 Å². The minimum absolute atomic E-state index is 0.252. The molecule has 1 aliphatic heterocycles. The summed E-state index contributed by atoms with van der Waals surface area (Å²) in [6.45, 7) is 3.66. The van der Waals surface area contributed by atoms with Crippen LogP contribution in [0.5, 0.6) is 0 Å². The van der Waals surface area contributed by atoms with Crippen LogP contribution in [-0.4, -0.2) is 44.0 Å². The zero-order valence-electron chi connectivity index (χ0n) is 10.2. The van der Waals surface area contributed by atoms with Crippen molar-refractivity contribution in [1.82, 2.24) is 14.0 Å². The Labute approximate surface area is 111 Å². The third-order valence-electron chi connectivity index (χ3n) is 2.76. The number of hydrogen-bond acceptors (Lipinski definition) is 5. The van der Waals surface area contributed by atoms with E-state index in [2.05, 4.69) is 9.71 Å². The highest BCUT2D eigenvalue weighted by atomic mass is 32.2. The van der Waals surface area contributed by atoms with E-state index in [-0.39, 0.29) is 6.04 Å². The Morgan fingerprint density at radius 2 is 2.28 bits per heavy atom. The zero-order valence-corrected chi connectivity index (χ0v) is 11.8. The molecule has 1 aromatic heterocycles. The molecule has 0 radical (unpaired) electrons. The number of aromatic nitrogens is 1. The van der Waals surface area contributed by atoms with Crippen molar-refractivity contribution in [1.29, 1.82) is 0 Å². The minimum Gasteiger partial charge on any atom is -0.379 e. The maximum atomic E-state index is 12.2. The van der Waals surface area contributed by atoms with Crippen molar-refractivity contribution >= 4 is 21.5 Å². The zero-order chi connectivity index (χ0) is 13.0. The van der Waals surface area contributed by atoms with Gasteiger partial charge in [-0.1, -0.05) is 6.92 Å². The molecule has 1 aromatic rings. The molecule has 1 fully saturated rings. The average Bonchev–Trinajstić information content (AvgIpc) is 2.91. The van der Waals surface area contributed by atoms with Crippen LogP contribution in [0.15, 0.2) is 11.6 Å². The fourth-order valence-electron chi connectivity index (χ4n) is 1.76. The Morgan fingerprint density at radius 3 is 2.83 bits per heavy atom. The van der Waals surface area contributed by atoms with E-state index >= 15 is 0 Å². The average molecular weight is 291 g/mol. The Morgan fingerprint density at radius 1 is 1.56 bits per heavy atom. The molecule has 2 heterocycles. The van der Waals surface area contributed by atoms with Crippen LogP contribution >= 0.6 is 11.3 Å². The SMILES string of the molecule is CCC(NS(=O)(=O)N1CCOCC1)c1nccs1. The van der Waals surface area contributed by atoms with Crippen molar-refractivity contribution in [2.45, 2.75) is 19.4 Å². The summed E-state index contributed by atoms with van der Waals surface area (Å²) < 4.78 is 33.7. The Bertz CT molecular complexity index is 455. The normalized spacial score (nSPS) is 19.8. The van der Waals surface area contributed by atoms with Crippen molar-refractivity contribution < 1.29 is 13.2 Å². The molecule has 1 atom stereocenters. The van der Waals surface area contributed by atoms with Crippen LogP contribution < -0.4 is 4.72 Å². The summed E-state index contributed by atoms with van der Waals surface area (Å²) in [7, 11) is -3.45. The number of nitrogens with one attached hydrogen (secondary N) is 1. The summed E-state index contributed by atoms with van der Waals surface area (Å²) in [6.07, 6.45) is 2.36. The Balaban J connectivity index is 2.06. The largest absolute Gasteiger partial charge is 0.379 e. The van der Waals surface area contributed by atoms with Gasteiger partial charge in [-0.15, -0.1) is 11.3 Å². The quantitative estimate of drug-likeness (QED) is 0.869. The molecule has 0 amide bonds. The van der Waals surface area contributed by atoms with Gasteiger partial charge in [0.05, 0.1) is 19.3 Å². The first-order valence-corrected chi connectivity index (χ1v) is 8.20. The second-order valence-electron chi connectivity index (χ2n) is 3.97. The molecule has 18 heavy (non-hydrogen) atoms. The molecular weight excluding hydrogens is 274 g/mol. The fraction of sp³-hybridized carbons (Fsp3) is 0.700. The number of ether oxygens (including phenoxy) is 1. The van der Waals surface area contributed by atoms with Gasteiger partial charge in [-0.25, -0.2) is 4.98 Å². The van der Waals surface area contributed by atoms with Crippen LogP contribution in [0.1, 0.15) is 24.4 Å². The number of nitrogens with zero attached hydrogens (tertiary/aromatic N) is 2. The van der Waals surface area contributed by atoms with Crippen molar-refractivity contribution in [2.24, 2.45) is 0 Å². The lowest BCUT2D eigenvalue weighted by atomic mass is 10.3. The van der Waals surface area contributed by atoms with Gasteiger partial charge in [0.25, 0.3) is 10.2 Å². The number of hydrogen-bond donors (Lipinski definition) is 1. The van der Waals surface area contributed by atoms with E-state index in [0.717, 1.165) is 5.01 Å². The van der Waals surface area contributed by atoms with Gasteiger partial charge in [0.2, 0.25) is 0 Å². The van der Waals surface area contributed by atoms with Gasteiger partial charge < -0.3 is 4.74 Å². The molecule has 0 aliphatic carbocycles. The summed E-state index contributed by atoms with van der Waals surface area (Å²) in [6, 6.07) is -0.252. The van der Waals surface area contributed by atoms with E-state index in [0.29, 0.717) is 32.7 Å². The van der Waals surface area contributed by atoms with Crippen LogP contribution in [0.4, 0.5) is 0 Å². The monoisotopic (exact) mass is 291 g/mol. The molecule has 1 saturated heterocycles. The molecular formula is C10H17N3O3S2. The lowest BCUT2D eigenvalue weighted by molar-refractivity contribution is 0.0723. The standard InChI is InChI=1S/C10H17N3O3S2/c1-2-9(10-11-3-8-17-10)12-18(14,15)13-4-6-16-7-5-13/h3,8-9,12H,2,4-7H2,1H3. The molecule has 102 valence electrons. The molecule has 0 saturated carbocycles. The van der Waals surface area contributed by atoms with Gasteiger partial charge in [0.1, 0.15) is 5.01 Å². The van der Waals surface area contributed by atoms with Crippen molar-refractivity contribution in [2.75, 3.05) is 26.3 Å². The molecule has 0 aromatic carbocycles. The van der Waals surface area contributed by atoms with E-state index in [9.17, 15) is 8.42 Å². The minimum atomic E-state index is -3.45. The van der Waals surface area contributed by atoms with Crippen molar-refractivity contribution in [3.63, 3.8) is 0 Å². The van der Waals surface area contributed by atoms with E-state index in [4.69, 9.17) is 4.74 Å². The van der Waals surface area contributed by atoms with Crippen LogP contribution in [0.25, 0.3) is 0 Å². The number of rotatable bonds is 5. The van der Waals surface area contributed by atoms with Crippen molar-refractivity contribution in [3.8, 4) is 0 Å². The smallest absolute Gasteiger partial charge is 0.280 e. The van der Waals surface area contributed by atoms with Gasteiger partial charge in [-0.2, -0.15) is 17.4 Å². The summed E-state index contributed by atoms with van der Waals surface area (Å²) in [5, 5.41) is 2.65. The Hall–Kier alpha value is -0.540. The highest BCUT2D eigenvalue weighted by molar-refractivity contribution is 7.87. The molecule has 0 bridgehead atoms. The van der Waals surface area contributed by atoms with Crippen LogP contribution in [0.2, 0.25) is 0 Å². The Kier molecular flexibility index (Phi) is 4.68. The van der Waals surface area contributed by atoms with Crippen LogP contribution in [0, 0.1) is 0 Å². The second-order valence-corrected chi connectivity index (χ2v) is 6.59. The molecule has 1 aliphatic rings. The highest BCUT2D eigenvalue weighted by Crippen LogP contribution is 2.20. The van der Waals surface area contributed by atoms with Gasteiger partial charge in [0.15, 0.2) is 0 Å². The maximum Gasteiger partial charge on any atom is 0.280 e. The fourth-order valence-corrected chi connectivity index (χ4v) is 4.02. The summed E-state index contributed by atoms with van der Waals surface area (Å²) in [5.41, 5.74) is 0. The maximum absolute atomic E-state index is 12.2. The van der Waals surface area contributed by atoms with E-state index < -0.39 is 10.2 Å². The van der Waals surface area contributed by atoms with Gasteiger partial charge in [-0.05, 0) is 6.42 Å². The van der Waals surface area contributed by atoms with E-state index in [1.165, 1.54) is 15.6 Å². The van der Waals surface area contributed by atoms with Gasteiger partial charge >= 0.3 is 0 Å². The van der Waals surface area contributed by atoms with Crippen molar-refractivity contribution in [3.05, 3.63) is 16.6 Å². The third kappa shape index (κ3) is 3.27. The third-order valence-corrected chi connectivity index (χ3v) is 5.28. The lowest BCUT2D eigenvalue weighted by Gasteiger charge is -2.27. The molecule has 1 N–H and O–H groups in total. The predicted octanol–water partition coefficient (Wildman–Crippen LogP) is 0.761. The van der Waals surface area contributed by atoms with Gasteiger partial charge in [0, 0.05) is 24.7 Å². The summed E-state index contributed by atoms with van der Waals surface area (Å²) in [5.74, 6) is 0. The first kappa shape index (κ1) is 13.9. The molecule has 8 heteroatoms. The number of morpholine rings is 1. The predicted molar refractivity (Wildman–Crippen MR) is 69.6 cm³/mol. The highest BCUT2D eigenvalue weighted by Gasteiger charge is 2.27. The molecule has 0 spiro atoms. The van der Waals surface area contributed by atoms with E-state index in [1.54, 1.807) is 6.20 Å². The first-order chi connectivity index (χ1) is 8.63. The summed E-state index contributed by atoms with van der Waals surface area (Å²) >= 11 is 1.46. The number of thiazole rings is 1.